The number of halogens is 3. The maximum Gasteiger partial charge on any atom is 0.208 e. The van der Waals surface area contributed by atoms with Crippen LogP contribution in [0.5, 0.6) is 0 Å². The third-order valence-electron chi connectivity index (χ3n) is 4.38. The van der Waals surface area contributed by atoms with Crippen molar-refractivity contribution in [2.45, 2.75) is 24.9 Å². The minimum Gasteiger partial charge on any atom is -0.619 e. The molecule has 0 spiro atoms. The van der Waals surface area contributed by atoms with Crippen molar-refractivity contribution >= 4 is 11.0 Å². The first-order valence-electron chi connectivity index (χ1n) is 7.43. The first-order chi connectivity index (χ1) is 11.4. The molecular weight excluding hydrogens is 321 g/mol. The van der Waals surface area contributed by atoms with E-state index in [1.807, 2.05) is 0 Å². The van der Waals surface area contributed by atoms with Crippen molar-refractivity contribution in [2.24, 2.45) is 5.73 Å². The van der Waals surface area contributed by atoms with Gasteiger partial charge >= 0.3 is 0 Å². The van der Waals surface area contributed by atoms with Gasteiger partial charge in [0.15, 0.2) is 23.3 Å². The summed E-state index contributed by atoms with van der Waals surface area (Å²) in [5, 5.41) is 11.4. The van der Waals surface area contributed by atoms with Crippen molar-refractivity contribution in [2.75, 3.05) is 0 Å². The van der Waals surface area contributed by atoms with Gasteiger partial charge in [0, 0.05) is 36.2 Å². The van der Waals surface area contributed by atoms with Gasteiger partial charge in [0.2, 0.25) is 6.20 Å². The lowest BCUT2D eigenvalue weighted by molar-refractivity contribution is -0.604. The van der Waals surface area contributed by atoms with Gasteiger partial charge in [-0.05, 0) is 12.5 Å². The van der Waals surface area contributed by atoms with Gasteiger partial charge in [-0.3, -0.25) is 0 Å². The Morgan fingerprint density at radius 1 is 1.21 bits per heavy atom. The Kier molecular flexibility index (Phi) is 3.24. The third kappa shape index (κ3) is 2.22. The molecule has 0 fully saturated rings. The van der Waals surface area contributed by atoms with Crippen LogP contribution in [0.3, 0.4) is 0 Å². The van der Waals surface area contributed by atoms with Crippen molar-refractivity contribution in [3.05, 3.63) is 64.6 Å². The lowest BCUT2D eigenvalue weighted by Gasteiger charge is -2.29. The van der Waals surface area contributed by atoms with E-state index in [4.69, 9.17) is 5.73 Å². The zero-order chi connectivity index (χ0) is 17.0. The van der Waals surface area contributed by atoms with Crippen LogP contribution in [0.4, 0.5) is 13.2 Å². The summed E-state index contributed by atoms with van der Waals surface area (Å²) < 4.78 is 43.5. The molecular formula is C16H13F3N4O. The molecule has 2 aromatic heterocycles. The summed E-state index contributed by atoms with van der Waals surface area (Å²) in [6, 6.07) is 2.69. The molecule has 0 saturated heterocycles. The zero-order valence-electron chi connectivity index (χ0n) is 12.4. The second-order valence-electron chi connectivity index (χ2n) is 5.99. The summed E-state index contributed by atoms with van der Waals surface area (Å²) in [5.41, 5.74) is 7.22. The molecule has 4 rings (SSSR count). The Morgan fingerprint density at radius 3 is 2.75 bits per heavy atom. The highest BCUT2D eigenvalue weighted by Gasteiger charge is 2.32. The molecule has 24 heavy (non-hydrogen) atoms. The van der Waals surface area contributed by atoms with Crippen LogP contribution >= 0.6 is 0 Å². The fraction of sp³-hybridized carbons (Fsp3) is 0.250. The standard InChI is InChI=1S/C16H13F3N4O/c17-11-5-13(19)12(18)4-9(11)10-3-8(20)6-23-15-1-2-22(24)7-14(15)21-16(10)23/h1-2,4-5,7-8,10H,3,6,20H2/t8-,10?/m1/s1. The van der Waals surface area contributed by atoms with E-state index in [9.17, 15) is 18.4 Å². The summed E-state index contributed by atoms with van der Waals surface area (Å²) >= 11 is 0. The summed E-state index contributed by atoms with van der Waals surface area (Å²) in [4.78, 5) is 4.40. The molecule has 0 bridgehead atoms. The minimum absolute atomic E-state index is 0.00982. The van der Waals surface area contributed by atoms with Gasteiger partial charge in [0.05, 0.1) is 5.52 Å². The Labute approximate surface area is 134 Å². The average molecular weight is 334 g/mol. The highest BCUT2D eigenvalue weighted by atomic mass is 19.2. The van der Waals surface area contributed by atoms with E-state index in [0.717, 1.165) is 6.07 Å². The topological polar surface area (TPSA) is 70.8 Å². The number of aromatic nitrogens is 3. The minimum atomic E-state index is -1.24. The zero-order valence-corrected chi connectivity index (χ0v) is 12.4. The largest absolute Gasteiger partial charge is 0.619 e. The predicted octanol–water partition coefficient (Wildman–Crippen LogP) is 1.95. The Bertz CT molecular complexity index is 956. The molecule has 2 N–H and O–H groups in total. The molecule has 0 amide bonds. The predicted molar refractivity (Wildman–Crippen MR) is 79.4 cm³/mol. The molecule has 1 aliphatic rings. The number of imidazole rings is 1. The Balaban J connectivity index is 1.93. The highest BCUT2D eigenvalue weighted by molar-refractivity contribution is 5.74. The smallest absolute Gasteiger partial charge is 0.208 e. The number of pyridine rings is 1. The molecule has 3 aromatic rings. The van der Waals surface area contributed by atoms with E-state index in [2.05, 4.69) is 4.98 Å². The highest BCUT2D eigenvalue weighted by Crippen LogP contribution is 2.36. The number of nitrogens with zero attached hydrogens (tertiary/aromatic N) is 3. The van der Waals surface area contributed by atoms with Gasteiger partial charge < -0.3 is 15.5 Å². The lowest BCUT2D eigenvalue weighted by Crippen LogP contribution is -2.35. The van der Waals surface area contributed by atoms with Gasteiger partial charge in [-0.2, -0.15) is 4.73 Å². The number of benzene rings is 1. The molecule has 8 heteroatoms. The average Bonchev–Trinajstić information content (AvgIpc) is 2.87. The maximum atomic E-state index is 14.2. The van der Waals surface area contributed by atoms with Crippen LogP contribution in [0.2, 0.25) is 0 Å². The van der Waals surface area contributed by atoms with E-state index < -0.39 is 23.4 Å². The first-order valence-corrected chi connectivity index (χ1v) is 7.43. The Hall–Kier alpha value is -2.61. The molecule has 2 atom stereocenters. The van der Waals surface area contributed by atoms with Crippen LogP contribution in [0.25, 0.3) is 11.0 Å². The number of hydrogen-bond acceptors (Lipinski definition) is 3. The number of hydrogen-bond donors (Lipinski definition) is 1. The van der Waals surface area contributed by atoms with E-state index in [-0.39, 0.29) is 11.6 Å². The fourth-order valence-electron chi connectivity index (χ4n) is 3.33. The van der Waals surface area contributed by atoms with E-state index in [0.29, 0.717) is 40.6 Å². The number of rotatable bonds is 1. The van der Waals surface area contributed by atoms with Crippen LogP contribution in [0.15, 0.2) is 30.6 Å². The molecule has 5 nitrogen and oxygen atoms in total. The van der Waals surface area contributed by atoms with Crippen LogP contribution in [-0.4, -0.2) is 15.6 Å². The van der Waals surface area contributed by atoms with Gasteiger partial charge in [0.1, 0.15) is 11.6 Å². The summed E-state index contributed by atoms with van der Waals surface area (Å²) in [6.07, 6.45) is 3.00. The van der Waals surface area contributed by atoms with Gasteiger partial charge in [0.25, 0.3) is 0 Å². The van der Waals surface area contributed by atoms with E-state index in [1.54, 1.807) is 10.6 Å². The SMILES string of the molecule is N[C@@H]1CC(c2cc(F)c(F)cc2F)c2nc3c[n+]([O-])ccc3n2C1. The molecule has 0 radical (unpaired) electrons. The normalized spacial score (nSPS) is 20.3. The molecule has 0 aliphatic carbocycles. The maximum absolute atomic E-state index is 14.2. The van der Waals surface area contributed by atoms with Crippen LogP contribution in [0.1, 0.15) is 23.7 Å². The molecule has 124 valence electrons. The van der Waals surface area contributed by atoms with Gasteiger partial charge in [-0.25, -0.2) is 18.2 Å². The monoisotopic (exact) mass is 334 g/mol. The molecule has 1 aromatic carbocycles. The van der Waals surface area contributed by atoms with Crippen molar-refractivity contribution in [3.63, 3.8) is 0 Å². The molecule has 1 aliphatic heterocycles. The van der Waals surface area contributed by atoms with Crippen LogP contribution in [-0.2, 0) is 6.54 Å². The van der Waals surface area contributed by atoms with Crippen LogP contribution in [0, 0.1) is 22.7 Å². The van der Waals surface area contributed by atoms with Crippen molar-refractivity contribution in [1.29, 1.82) is 0 Å². The fourth-order valence-corrected chi connectivity index (χ4v) is 3.33. The number of fused-ring (bicyclic) bond motifs is 3. The lowest BCUT2D eigenvalue weighted by atomic mass is 9.88. The molecule has 3 heterocycles. The van der Waals surface area contributed by atoms with Crippen molar-refractivity contribution < 1.29 is 17.9 Å². The Morgan fingerprint density at radius 2 is 1.96 bits per heavy atom. The summed E-state index contributed by atoms with van der Waals surface area (Å²) in [7, 11) is 0. The second-order valence-corrected chi connectivity index (χ2v) is 5.99. The van der Waals surface area contributed by atoms with E-state index >= 15 is 0 Å². The van der Waals surface area contributed by atoms with Gasteiger partial charge in [-0.15, -0.1) is 0 Å². The van der Waals surface area contributed by atoms with Crippen molar-refractivity contribution in [1.82, 2.24) is 9.55 Å². The van der Waals surface area contributed by atoms with Crippen LogP contribution < -0.4 is 10.5 Å². The molecule has 1 unspecified atom stereocenters. The number of nitrogens with two attached hydrogens (primary N) is 1. The van der Waals surface area contributed by atoms with Gasteiger partial charge in [-0.1, -0.05) is 0 Å². The second kappa shape index (κ2) is 5.20. The van der Waals surface area contributed by atoms with E-state index in [1.165, 1.54) is 12.4 Å². The molecule has 0 saturated carbocycles. The van der Waals surface area contributed by atoms with Crippen molar-refractivity contribution in [3.8, 4) is 0 Å². The quantitative estimate of drug-likeness (QED) is 0.420. The summed E-state index contributed by atoms with van der Waals surface area (Å²) in [5.74, 6) is -3.33. The summed E-state index contributed by atoms with van der Waals surface area (Å²) in [6.45, 7) is 0.455. The third-order valence-corrected chi connectivity index (χ3v) is 4.38. The first kappa shape index (κ1) is 14.9.